The lowest BCUT2D eigenvalue weighted by Crippen LogP contribution is -2.50. The molecule has 9 heteroatoms. The van der Waals surface area contributed by atoms with Crippen LogP contribution < -0.4 is 0 Å². The third-order valence-electron chi connectivity index (χ3n) is 4.94. The second-order valence-electron chi connectivity index (χ2n) is 6.70. The third-order valence-corrected chi connectivity index (χ3v) is 4.94. The van der Waals surface area contributed by atoms with E-state index in [1.165, 1.54) is 4.90 Å². The van der Waals surface area contributed by atoms with Crippen molar-refractivity contribution in [3.05, 3.63) is 41.6 Å². The van der Waals surface area contributed by atoms with Crippen LogP contribution in [0.25, 0.3) is 22.3 Å². The Morgan fingerprint density at radius 1 is 1.07 bits per heavy atom. The smallest absolute Gasteiger partial charge is 0.407 e. The molecule has 3 heterocycles. The number of aromatic hydroxyl groups is 1. The molecule has 0 unspecified atom stereocenters. The maximum absolute atomic E-state index is 13.2. The number of aryl methyl sites for hydroxylation is 1. The lowest BCUT2D eigenvalue weighted by Gasteiger charge is -2.33. The summed E-state index contributed by atoms with van der Waals surface area (Å²) in [6, 6.07) is 8.31. The van der Waals surface area contributed by atoms with E-state index < -0.39 is 6.09 Å². The zero-order chi connectivity index (χ0) is 19.8. The van der Waals surface area contributed by atoms with Gasteiger partial charge in [-0.1, -0.05) is 0 Å². The summed E-state index contributed by atoms with van der Waals surface area (Å²) in [7, 11) is 0. The predicted octanol–water partition coefficient (Wildman–Crippen LogP) is 2.07. The summed E-state index contributed by atoms with van der Waals surface area (Å²) in [6.07, 6.45) is -0.973. The molecule has 144 valence electrons. The molecule has 28 heavy (non-hydrogen) atoms. The first-order valence-electron chi connectivity index (χ1n) is 8.86. The van der Waals surface area contributed by atoms with Crippen molar-refractivity contribution in [3.8, 4) is 17.0 Å². The highest BCUT2D eigenvalue weighted by Gasteiger charge is 2.27. The van der Waals surface area contributed by atoms with Crippen LogP contribution in [0.5, 0.6) is 5.75 Å². The molecule has 9 nitrogen and oxygen atoms in total. The molecule has 1 aliphatic heterocycles. The monoisotopic (exact) mass is 381 g/mol. The number of H-pyrrole nitrogens is 1. The molecule has 0 aliphatic carbocycles. The fraction of sp³-hybridized carbons (Fsp3) is 0.263. The number of rotatable bonds is 2. The molecular weight excluding hydrogens is 362 g/mol. The summed E-state index contributed by atoms with van der Waals surface area (Å²) < 4.78 is 0. The highest BCUT2D eigenvalue weighted by Crippen LogP contribution is 2.28. The summed E-state index contributed by atoms with van der Waals surface area (Å²) in [4.78, 5) is 31.8. The van der Waals surface area contributed by atoms with Crippen molar-refractivity contribution in [3.63, 3.8) is 0 Å². The van der Waals surface area contributed by atoms with E-state index >= 15 is 0 Å². The Hall–Kier alpha value is -3.62. The first kappa shape index (κ1) is 17.8. The van der Waals surface area contributed by atoms with Crippen LogP contribution in [-0.2, 0) is 0 Å². The molecule has 0 atom stereocenters. The molecule has 1 fully saturated rings. The highest BCUT2D eigenvalue weighted by atomic mass is 16.4. The van der Waals surface area contributed by atoms with Crippen molar-refractivity contribution in [1.82, 2.24) is 25.0 Å². The van der Waals surface area contributed by atoms with Crippen LogP contribution in [0.3, 0.4) is 0 Å². The number of piperazine rings is 1. The first-order chi connectivity index (χ1) is 13.4. The Morgan fingerprint density at radius 3 is 2.36 bits per heavy atom. The number of aromatic nitrogens is 3. The molecule has 0 bridgehead atoms. The number of nitrogens with one attached hydrogen (secondary N) is 1. The minimum atomic E-state index is -0.973. The molecule has 3 aromatic rings. The van der Waals surface area contributed by atoms with Gasteiger partial charge in [0.15, 0.2) is 5.65 Å². The van der Waals surface area contributed by atoms with Crippen LogP contribution in [0, 0.1) is 6.92 Å². The fourth-order valence-corrected chi connectivity index (χ4v) is 3.40. The van der Waals surface area contributed by atoms with E-state index in [-0.39, 0.29) is 24.7 Å². The second-order valence-corrected chi connectivity index (χ2v) is 6.70. The number of nitrogens with zero attached hydrogens (tertiary/aromatic N) is 4. The van der Waals surface area contributed by atoms with Gasteiger partial charge in [-0.2, -0.15) is 5.10 Å². The van der Waals surface area contributed by atoms with Gasteiger partial charge in [0, 0.05) is 31.7 Å². The fourth-order valence-electron chi connectivity index (χ4n) is 3.40. The first-order valence-corrected chi connectivity index (χ1v) is 8.86. The molecule has 1 saturated heterocycles. The molecule has 2 aromatic heterocycles. The van der Waals surface area contributed by atoms with E-state index in [1.807, 2.05) is 0 Å². The normalized spacial score (nSPS) is 14.5. The number of phenolic OH excluding ortho intramolecular Hbond substituents is 1. The molecule has 1 aliphatic rings. The SMILES string of the molecule is Cc1n[nH]c2nc(-c3ccc(O)cc3)cc(C(=O)N3CCN(C(=O)O)CC3)c12. The van der Waals surface area contributed by atoms with Gasteiger partial charge in [-0.15, -0.1) is 0 Å². The average molecular weight is 381 g/mol. The van der Waals surface area contributed by atoms with E-state index in [2.05, 4.69) is 15.2 Å². The Morgan fingerprint density at radius 2 is 1.71 bits per heavy atom. The van der Waals surface area contributed by atoms with Crippen molar-refractivity contribution in [2.24, 2.45) is 0 Å². The van der Waals surface area contributed by atoms with Crippen molar-refractivity contribution in [2.45, 2.75) is 6.92 Å². The lowest BCUT2D eigenvalue weighted by atomic mass is 10.0. The molecule has 0 saturated carbocycles. The number of hydrogen-bond donors (Lipinski definition) is 3. The number of aromatic amines is 1. The third kappa shape index (κ3) is 3.11. The molecule has 2 amide bonds. The van der Waals surface area contributed by atoms with Crippen LogP contribution in [0.2, 0.25) is 0 Å². The number of fused-ring (bicyclic) bond motifs is 1. The minimum Gasteiger partial charge on any atom is -0.508 e. The minimum absolute atomic E-state index is 0.148. The Labute approximate surface area is 160 Å². The molecule has 3 N–H and O–H groups in total. The average Bonchev–Trinajstić information content (AvgIpc) is 3.08. The van der Waals surface area contributed by atoms with Crippen molar-refractivity contribution < 1.29 is 19.8 Å². The Kier molecular flexibility index (Phi) is 4.34. The Bertz CT molecular complexity index is 1050. The highest BCUT2D eigenvalue weighted by molar-refractivity contribution is 6.07. The van der Waals surface area contributed by atoms with Crippen LogP contribution in [0.15, 0.2) is 30.3 Å². The van der Waals surface area contributed by atoms with Gasteiger partial charge in [-0.05, 0) is 37.3 Å². The van der Waals surface area contributed by atoms with Crippen LogP contribution in [0.1, 0.15) is 16.1 Å². The maximum Gasteiger partial charge on any atom is 0.407 e. The molecule has 0 spiro atoms. The lowest BCUT2D eigenvalue weighted by molar-refractivity contribution is 0.0626. The molecule has 0 radical (unpaired) electrons. The van der Waals surface area contributed by atoms with E-state index in [4.69, 9.17) is 5.11 Å². The molecule has 4 rings (SSSR count). The number of amides is 2. The largest absolute Gasteiger partial charge is 0.508 e. The van der Waals surface area contributed by atoms with Gasteiger partial charge in [0.2, 0.25) is 0 Å². The number of carbonyl (C=O) groups excluding carboxylic acids is 1. The number of pyridine rings is 1. The van der Waals surface area contributed by atoms with Crippen molar-refractivity contribution in [2.75, 3.05) is 26.2 Å². The summed E-state index contributed by atoms with van der Waals surface area (Å²) in [5.41, 5.74) is 3.01. The number of carbonyl (C=O) groups is 2. The van der Waals surface area contributed by atoms with Gasteiger partial charge in [0.1, 0.15) is 5.75 Å². The molecule has 1 aromatic carbocycles. The van der Waals surface area contributed by atoms with Gasteiger partial charge >= 0.3 is 6.09 Å². The Balaban J connectivity index is 1.73. The molecular formula is C19H19N5O4. The van der Waals surface area contributed by atoms with Gasteiger partial charge in [0.05, 0.1) is 22.3 Å². The van der Waals surface area contributed by atoms with Crippen LogP contribution >= 0.6 is 0 Å². The number of carboxylic acid groups (broad SMARTS) is 1. The topological polar surface area (TPSA) is 123 Å². The number of hydrogen-bond acceptors (Lipinski definition) is 5. The summed E-state index contributed by atoms with van der Waals surface area (Å²) >= 11 is 0. The van der Waals surface area contributed by atoms with Gasteiger partial charge < -0.3 is 20.0 Å². The van der Waals surface area contributed by atoms with Crippen molar-refractivity contribution in [1.29, 1.82) is 0 Å². The van der Waals surface area contributed by atoms with E-state index in [0.29, 0.717) is 41.1 Å². The van der Waals surface area contributed by atoms with Gasteiger partial charge in [-0.3, -0.25) is 9.89 Å². The quantitative estimate of drug-likeness (QED) is 0.625. The number of benzene rings is 1. The van der Waals surface area contributed by atoms with Crippen LogP contribution in [-0.4, -0.2) is 73.4 Å². The van der Waals surface area contributed by atoms with Gasteiger partial charge in [0.25, 0.3) is 5.91 Å². The summed E-state index contributed by atoms with van der Waals surface area (Å²) in [5, 5.41) is 26.3. The maximum atomic E-state index is 13.2. The zero-order valence-corrected chi connectivity index (χ0v) is 15.2. The standard InChI is InChI=1S/C19H19N5O4/c1-11-16-14(18(26)23-6-8-24(9-7-23)19(27)28)10-15(20-17(16)22-21-11)12-2-4-13(25)5-3-12/h2-5,10,25H,6-9H2,1H3,(H,27,28)(H,20,21,22). The van der Waals surface area contributed by atoms with E-state index in [1.54, 1.807) is 42.2 Å². The predicted molar refractivity (Wildman–Crippen MR) is 101 cm³/mol. The second kappa shape index (κ2) is 6.84. The van der Waals surface area contributed by atoms with Gasteiger partial charge in [-0.25, -0.2) is 9.78 Å². The zero-order valence-electron chi connectivity index (χ0n) is 15.2. The van der Waals surface area contributed by atoms with Crippen molar-refractivity contribution >= 4 is 23.0 Å². The van der Waals surface area contributed by atoms with E-state index in [0.717, 1.165) is 5.56 Å². The summed E-state index contributed by atoms with van der Waals surface area (Å²) in [5.74, 6) is -0.0308. The van der Waals surface area contributed by atoms with Crippen LogP contribution in [0.4, 0.5) is 4.79 Å². The van der Waals surface area contributed by atoms with E-state index in [9.17, 15) is 14.7 Å². The number of phenols is 1. The summed E-state index contributed by atoms with van der Waals surface area (Å²) in [6.45, 7) is 3.04.